The molecule has 19 heavy (non-hydrogen) atoms. The van der Waals surface area contributed by atoms with Crippen LogP contribution in [0.1, 0.15) is 12.8 Å². The van der Waals surface area contributed by atoms with Crippen LogP contribution in [0.25, 0.3) is 0 Å². The Morgan fingerprint density at radius 3 is 2.74 bits per heavy atom. The van der Waals surface area contributed by atoms with Crippen molar-refractivity contribution < 1.29 is 13.5 Å². The number of aliphatic hydroxyl groups is 1. The third-order valence-electron chi connectivity index (χ3n) is 3.45. The standard InChI is InChI=1S/C13H20N2O3S/c16-11-12-5-4-9-15(12)10-8-14-19(17,18)13-6-2-1-3-7-13/h1-3,6-7,12,14,16H,4-5,8-11H2/t12-/m1/s1. The zero-order chi connectivity index (χ0) is 13.7. The zero-order valence-corrected chi connectivity index (χ0v) is 11.6. The molecule has 2 rings (SSSR count). The first kappa shape index (κ1) is 14.5. The molecular weight excluding hydrogens is 264 g/mol. The summed E-state index contributed by atoms with van der Waals surface area (Å²) < 4.78 is 26.6. The van der Waals surface area contributed by atoms with E-state index >= 15 is 0 Å². The molecule has 0 spiro atoms. The average molecular weight is 284 g/mol. The van der Waals surface area contributed by atoms with Crippen molar-refractivity contribution in [3.63, 3.8) is 0 Å². The van der Waals surface area contributed by atoms with Gasteiger partial charge < -0.3 is 5.11 Å². The molecule has 106 valence electrons. The fraction of sp³-hybridized carbons (Fsp3) is 0.538. The maximum Gasteiger partial charge on any atom is 0.240 e. The lowest BCUT2D eigenvalue weighted by Gasteiger charge is -2.22. The van der Waals surface area contributed by atoms with Gasteiger partial charge in [0.25, 0.3) is 0 Å². The van der Waals surface area contributed by atoms with Crippen molar-refractivity contribution in [3.8, 4) is 0 Å². The van der Waals surface area contributed by atoms with Crippen LogP contribution >= 0.6 is 0 Å². The highest BCUT2D eigenvalue weighted by atomic mass is 32.2. The highest BCUT2D eigenvalue weighted by Crippen LogP contribution is 2.15. The van der Waals surface area contributed by atoms with Crippen molar-refractivity contribution in [3.05, 3.63) is 30.3 Å². The van der Waals surface area contributed by atoms with E-state index in [1.807, 2.05) is 0 Å². The summed E-state index contributed by atoms with van der Waals surface area (Å²) in [6.45, 7) is 2.08. The Labute approximate surface area is 114 Å². The van der Waals surface area contributed by atoms with E-state index in [0.717, 1.165) is 19.4 Å². The number of sulfonamides is 1. The lowest BCUT2D eigenvalue weighted by molar-refractivity contribution is 0.161. The lowest BCUT2D eigenvalue weighted by Crippen LogP contribution is -2.39. The fourth-order valence-corrected chi connectivity index (χ4v) is 3.45. The first-order chi connectivity index (χ1) is 9.13. The predicted octanol–water partition coefficient (Wildman–Crippen LogP) is 0.422. The van der Waals surface area contributed by atoms with Gasteiger partial charge in [-0.05, 0) is 31.5 Å². The van der Waals surface area contributed by atoms with Crippen LogP contribution in [0.3, 0.4) is 0 Å². The number of benzene rings is 1. The third-order valence-corrected chi connectivity index (χ3v) is 4.93. The maximum absolute atomic E-state index is 12.0. The summed E-state index contributed by atoms with van der Waals surface area (Å²) in [5.41, 5.74) is 0. The molecule has 1 aliphatic heterocycles. The summed E-state index contributed by atoms with van der Waals surface area (Å²) in [6.07, 6.45) is 2.05. The van der Waals surface area contributed by atoms with Crippen molar-refractivity contribution in [2.24, 2.45) is 0 Å². The van der Waals surface area contributed by atoms with Crippen LogP contribution in [0.15, 0.2) is 35.2 Å². The lowest BCUT2D eigenvalue weighted by atomic mass is 10.2. The fourth-order valence-electron chi connectivity index (χ4n) is 2.40. The summed E-state index contributed by atoms with van der Waals surface area (Å²) in [5, 5.41) is 9.19. The second kappa shape index (κ2) is 6.47. The van der Waals surface area contributed by atoms with Gasteiger partial charge in [-0.1, -0.05) is 18.2 Å². The predicted molar refractivity (Wildman–Crippen MR) is 73.3 cm³/mol. The van der Waals surface area contributed by atoms with Crippen molar-refractivity contribution in [1.82, 2.24) is 9.62 Å². The molecular formula is C13H20N2O3S. The molecule has 1 aromatic carbocycles. The Kier molecular flexibility index (Phi) is 4.93. The molecule has 0 unspecified atom stereocenters. The first-order valence-electron chi connectivity index (χ1n) is 6.53. The minimum absolute atomic E-state index is 0.144. The Bertz CT molecular complexity index is 490. The number of rotatable bonds is 6. The van der Waals surface area contributed by atoms with E-state index in [4.69, 9.17) is 0 Å². The topological polar surface area (TPSA) is 69.6 Å². The maximum atomic E-state index is 12.0. The van der Waals surface area contributed by atoms with Gasteiger partial charge in [-0.2, -0.15) is 0 Å². The summed E-state index contributed by atoms with van der Waals surface area (Å²) in [5.74, 6) is 0. The summed E-state index contributed by atoms with van der Waals surface area (Å²) in [4.78, 5) is 2.42. The van der Waals surface area contributed by atoms with Crippen molar-refractivity contribution in [2.75, 3.05) is 26.2 Å². The van der Waals surface area contributed by atoms with E-state index in [2.05, 4.69) is 9.62 Å². The molecule has 0 saturated carbocycles. The number of aliphatic hydroxyl groups excluding tert-OH is 1. The minimum Gasteiger partial charge on any atom is -0.395 e. The minimum atomic E-state index is -3.42. The molecule has 0 radical (unpaired) electrons. The SMILES string of the molecule is O=S(=O)(NCCN1CCC[C@@H]1CO)c1ccccc1. The van der Waals surface area contributed by atoms with Crippen LogP contribution in [0.4, 0.5) is 0 Å². The van der Waals surface area contributed by atoms with Gasteiger partial charge in [-0.15, -0.1) is 0 Å². The van der Waals surface area contributed by atoms with Gasteiger partial charge in [0.15, 0.2) is 0 Å². The summed E-state index contributed by atoms with van der Waals surface area (Å²) in [6, 6.07) is 8.54. The first-order valence-corrected chi connectivity index (χ1v) is 8.01. The molecule has 1 saturated heterocycles. The van der Waals surface area contributed by atoms with E-state index in [1.165, 1.54) is 0 Å². The van der Waals surface area contributed by atoms with Crippen LogP contribution in [-0.4, -0.2) is 50.7 Å². The number of hydrogen-bond donors (Lipinski definition) is 2. The van der Waals surface area contributed by atoms with Crippen LogP contribution in [-0.2, 0) is 10.0 Å². The number of likely N-dealkylation sites (tertiary alicyclic amines) is 1. The van der Waals surface area contributed by atoms with E-state index in [1.54, 1.807) is 30.3 Å². The van der Waals surface area contributed by atoms with E-state index < -0.39 is 10.0 Å². The Morgan fingerprint density at radius 1 is 1.32 bits per heavy atom. The zero-order valence-electron chi connectivity index (χ0n) is 10.8. The second-order valence-electron chi connectivity index (χ2n) is 4.73. The molecule has 0 aromatic heterocycles. The van der Waals surface area contributed by atoms with Crippen LogP contribution in [0.2, 0.25) is 0 Å². The second-order valence-corrected chi connectivity index (χ2v) is 6.49. The van der Waals surface area contributed by atoms with Crippen molar-refractivity contribution >= 4 is 10.0 Å². The quantitative estimate of drug-likeness (QED) is 0.794. The smallest absolute Gasteiger partial charge is 0.240 e. The molecule has 1 aliphatic rings. The van der Waals surface area contributed by atoms with E-state index in [-0.39, 0.29) is 17.5 Å². The van der Waals surface area contributed by atoms with Gasteiger partial charge >= 0.3 is 0 Å². The van der Waals surface area contributed by atoms with Gasteiger partial charge in [0.1, 0.15) is 0 Å². The summed E-state index contributed by atoms with van der Waals surface area (Å²) in [7, 11) is -3.42. The van der Waals surface area contributed by atoms with E-state index in [0.29, 0.717) is 13.1 Å². The monoisotopic (exact) mass is 284 g/mol. The van der Waals surface area contributed by atoms with Crippen molar-refractivity contribution in [2.45, 2.75) is 23.8 Å². The summed E-state index contributed by atoms with van der Waals surface area (Å²) >= 11 is 0. The van der Waals surface area contributed by atoms with Gasteiger partial charge in [0, 0.05) is 19.1 Å². The van der Waals surface area contributed by atoms with Crippen LogP contribution in [0, 0.1) is 0 Å². The molecule has 1 heterocycles. The molecule has 0 bridgehead atoms. The van der Waals surface area contributed by atoms with Gasteiger partial charge in [-0.3, -0.25) is 4.90 Å². The van der Waals surface area contributed by atoms with E-state index in [9.17, 15) is 13.5 Å². The van der Waals surface area contributed by atoms with Gasteiger partial charge in [-0.25, -0.2) is 13.1 Å². The Hall–Kier alpha value is -0.950. The molecule has 2 N–H and O–H groups in total. The Balaban J connectivity index is 1.86. The highest BCUT2D eigenvalue weighted by Gasteiger charge is 2.23. The van der Waals surface area contributed by atoms with Gasteiger partial charge in [0.2, 0.25) is 10.0 Å². The Morgan fingerprint density at radius 2 is 2.05 bits per heavy atom. The van der Waals surface area contributed by atoms with Crippen LogP contribution in [0.5, 0.6) is 0 Å². The molecule has 1 fully saturated rings. The molecule has 0 amide bonds. The number of nitrogens with one attached hydrogen (secondary N) is 1. The third kappa shape index (κ3) is 3.76. The number of hydrogen-bond acceptors (Lipinski definition) is 4. The molecule has 0 aliphatic carbocycles. The average Bonchev–Trinajstić information content (AvgIpc) is 2.87. The number of nitrogens with zero attached hydrogens (tertiary/aromatic N) is 1. The molecule has 1 atom stereocenters. The van der Waals surface area contributed by atoms with Crippen LogP contribution < -0.4 is 4.72 Å². The molecule has 6 heteroatoms. The molecule has 1 aromatic rings. The molecule has 5 nitrogen and oxygen atoms in total. The van der Waals surface area contributed by atoms with Crippen molar-refractivity contribution in [1.29, 1.82) is 0 Å². The normalized spacial score (nSPS) is 20.8. The van der Waals surface area contributed by atoms with Gasteiger partial charge in [0.05, 0.1) is 11.5 Å². The largest absolute Gasteiger partial charge is 0.395 e. The highest BCUT2D eigenvalue weighted by molar-refractivity contribution is 7.89.